The highest BCUT2D eigenvalue weighted by atomic mass is 16.5. The molecule has 0 bridgehead atoms. The molecule has 102 valence electrons. The Balaban J connectivity index is 2.36. The minimum absolute atomic E-state index is 0.0434. The number of rotatable bonds is 4. The third-order valence-corrected chi connectivity index (χ3v) is 3.11. The Hall–Kier alpha value is -1.97. The van der Waals surface area contributed by atoms with Crippen LogP contribution in [0.5, 0.6) is 5.75 Å². The van der Waals surface area contributed by atoms with E-state index in [1.165, 1.54) is 0 Å². The van der Waals surface area contributed by atoms with Crippen LogP contribution in [0.4, 0.5) is 0 Å². The SMILES string of the molecule is COc1ccc2[nH]c(C)c(CC(=O)NC(C)C)c2c1. The summed E-state index contributed by atoms with van der Waals surface area (Å²) in [4.78, 5) is 15.2. The van der Waals surface area contributed by atoms with Gasteiger partial charge in [-0.25, -0.2) is 0 Å². The fraction of sp³-hybridized carbons (Fsp3) is 0.400. The summed E-state index contributed by atoms with van der Waals surface area (Å²) in [5.41, 5.74) is 3.10. The fourth-order valence-corrected chi connectivity index (χ4v) is 2.25. The highest BCUT2D eigenvalue weighted by Gasteiger charge is 2.13. The first-order chi connectivity index (χ1) is 9.01. The second-order valence-corrected chi connectivity index (χ2v) is 5.04. The zero-order valence-electron chi connectivity index (χ0n) is 11.8. The number of benzene rings is 1. The topological polar surface area (TPSA) is 54.1 Å². The van der Waals surface area contributed by atoms with E-state index in [2.05, 4.69) is 10.3 Å². The van der Waals surface area contributed by atoms with E-state index in [0.717, 1.165) is 27.9 Å². The second-order valence-electron chi connectivity index (χ2n) is 5.04. The van der Waals surface area contributed by atoms with E-state index in [1.807, 2.05) is 39.0 Å². The highest BCUT2D eigenvalue weighted by Crippen LogP contribution is 2.26. The van der Waals surface area contributed by atoms with Crippen molar-refractivity contribution in [2.24, 2.45) is 0 Å². The zero-order chi connectivity index (χ0) is 14.0. The van der Waals surface area contributed by atoms with Gasteiger partial charge in [0.05, 0.1) is 13.5 Å². The molecule has 19 heavy (non-hydrogen) atoms. The third-order valence-electron chi connectivity index (χ3n) is 3.11. The molecule has 4 heteroatoms. The van der Waals surface area contributed by atoms with Crippen molar-refractivity contribution < 1.29 is 9.53 Å². The number of amides is 1. The average Bonchev–Trinajstić information content (AvgIpc) is 2.64. The summed E-state index contributed by atoms with van der Waals surface area (Å²) in [6.45, 7) is 5.91. The number of hydrogen-bond donors (Lipinski definition) is 2. The van der Waals surface area contributed by atoms with Gasteiger partial charge in [-0.15, -0.1) is 0 Å². The molecule has 0 spiro atoms. The van der Waals surface area contributed by atoms with Gasteiger partial charge in [-0.2, -0.15) is 0 Å². The molecular weight excluding hydrogens is 240 g/mol. The quantitative estimate of drug-likeness (QED) is 0.887. The van der Waals surface area contributed by atoms with Gasteiger partial charge < -0.3 is 15.0 Å². The Bertz CT molecular complexity index is 599. The molecule has 1 heterocycles. The number of carbonyl (C=O) groups excluding carboxylic acids is 1. The van der Waals surface area contributed by atoms with Crippen molar-refractivity contribution in [3.63, 3.8) is 0 Å². The van der Waals surface area contributed by atoms with E-state index in [4.69, 9.17) is 4.74 Å². The van der Waals surface area contributed by atoms with E-state index < -0.39 is 0 Å². The summed E-state index contributed by atoms with van der Waals surface area (Å²) >= 11 is 0. The summed E-state index contributed by atoms with van der Waals surface area (Å²) in [7, 11) is 1.64. The smallest absolute Gasteiger partial charge is 0.224 e. The van der Waals surface area contributed by atoms with Crippen molar-refractivity contribution in [3.05, 3.63) is 29.5 Å². The third kappa shape index (κ3) is 2.89. The molecule has 0 saturated carbocycles. The lowest BCUT2D eigenvalue weighted by Crippen LogP contribution is -2.31. The molecule has 2 N–H and O–H groups in total. The summed E-state index contributed by atoms with van der Waals surface area (Å²) < 4.78 is 5.24. The van der Waals surface area contributed by atoms with E-state index in [1.54, 1.807) is 7.11 Å². The normalized spacial score (nSPS) is 11.0. The van der Waals surface area contributed by atoms with Crippen LogP contribution in [0.2, 0.25) is 0 Å². The van der Waals surface area contributed by atoms with Crippen molar-refractivity contribution in [2.45, 2.75) is 33.2 Å². The Morgan fingerprint density at radius 2 is 2.16 bits per heavy atom. The highest BCUT2D eigenvalue weighted by molar-refractivity contribution is 5.91. The van der Waals surface area contributed by atoms with Gasteiger partial charge in [-0.05, 0) is 44.5 Å². The largest absolute Gasteiger partial charge is 0.497 e. The van der Waals surface area contributed by atoms with Crippen LogP contribution >= 0.6 is 0 Å². The minimum atomic E-state index is 0.0434. The van der Waals surface area contributed by atoms with Gasteiger partial charge in [0.2, 0.25) is 5.91 Å². The lowest BCUT2D eigenvalue weighted by molar-refractivity contribution is -0.120. The zero-order valence-corrected chi connectivity index (χ0v) is 11.8. The number of aromatic nitrogens is 1. The maximum Gasteiger partial charge on any atom is 0.224 e. The number of ether oxygens (including phenoxy) is 1. The molecule has 0 saturated heterocycles. The molecule has 0 atom stereocenters. The van der Waals surface area contributed by atoms with Crippen molar-refractivity contribution >= 4 is 16.8 Å². The number of nitrogens with one attached hydrogen (secondary N) is 2. The van der Waals surface area contributed by atoms with Crippen molar-refractivity contribution in [3.8, 4) is 5.75 Å². The van der Waals surface area contributed by atoms with Gasteiger partial charge in [-0.3, -0.25) is 4.79 Å². The summed E-state index contributed by atoms with van der Waals surface area (Å²) in [5.74, 6) is 0.846. The van der Waals surface area contributed by atoms with Gasteiger partial charge in [0.15, 0.2) is 0 Å². The number of hydrogen-bond acceptors (Lipinski definition) is 2. The lowest BCUT2D eigenvalue weighted by Gasteiger charge is -2.08. The van der Waals surface area contributed by atoms with E-state index >= 15 is 0 Å². The van der Waals surface area contributed by atoms with Crippen LogP contribution in [0.1, 0.15) is 25.1 Å². The van der Waals surface area contributed by atoms with Crippen LogP contribution in [-0.4, -0.2) is 24.0 Å². The van der Waals surface area contributed by atoms with Crippen LogP contribution in [0.25, 0.3) is 10.9 Å². The molecular formula is C15H20N2O2. The van der Waals surface area contributed by atoms with Crippen LogP contribution < -0.4 is 10.1 Å². The van der Waals surface area contributed by atoms with Gasteiger partial charge in [0.1, 0.15) is 5.75 Å². The number of aryl methyl sites for hydroxylation is 1. The number of fused-ring (bicyclic) bond motifs is 1. The number of methoxy groups -OCH3 is 1. The summed E-state index contributed by atoms with van der Waals surface area (Å²) in [6.07, 6.45) is 0.386. The molecule has 0 radical (unpaired) electrons. The van der Waals surface area contributed by atoms with Gasteiger partial charge >= 0.3 is 0 Å². The van der Waals surface area contributed by atoms with Crippen LogP contribution in [0.15, 0.2) is 18.2 Å². The molecule has 1 amide bonds. The van der Waals surface area contributed by atoms with Gasteiger partial charge in [-0.1, -0.05) is 0 Å². The molecule has 0 fully saturated rings. The molecule has 1 aromatic heterocycles. The predicted octanol–water partition coefficient (Wildman–Crippen LogP) is 2.55. The predicted molar refractivity (Wildman–Crippen MR) is 76.6 cm³/mol. The first kappa shape index (κ1) is 13.5. The first-order valence-corrected chi connectivity index (χ1v) is 6.46. The summed E-state index contributed by atoms with van der Waals surface area (Å²) in [5, 5.41) is 3.97. The Kier molecular flexibility index (Phi) is 3.79. The molecule has 0 aliphatic carbocycles. The molecule has 2 rings (SSSR count). The second kappa shape index (κ2) is 5.34. The maximum atomic E-state index is 11.9. The van der Waals surface area contributed by atoms with Gasteiger partial charge in [0, 0.05) is 22.6 Å². The van der Waals surface area contributed by atoms with Crippen LogP contribution in [-0.2, 0) is 11.2 Å². The molecule has 0 aliphatic rings. The van der Waals surface area contributed by atoms with Crippen molar-refractivity contribution in [1.29, 1.82) is 0 Å². The molecule has 0 aliphatic heterocycles. The molecule has 4 nitrogen and oxygen atoms in total. The fourth-order valence-electron chi connectivity index (χ4n) is 2.25. The Morgan fingerprint density at radius 1 is 1.42 bits per heavy atom. The van der Waals surface area contributed by atoms with E-state index in [-0.39, 0.29) is 11.9 Å². The standard InChI is InChI=1S/C15H20N2O2/c1-9(2)16-15(18)8-12-10(3)17-14-6-5-11(19-4)7-13(12)14/h5-7,9,17H,8H2,1-4H3,(H,16,18). The Morgan fingerprint density at radius 3 is 2.79 bits per heavy atom. The molecule has 1 aromatic carbocycles. The van der Waals surface area contributed by atoms with Crippen molar-refractivity contribution in [1.82, 2.24) is 10.3 Å². The summed E-state index contributed by atoms with van der Waals surface area (Å²) in [6, 6.07) is 6.02. The molecule has 0 unspecified atom stereocenters. The number of carbonyl (C=O) groups is 1. The minimum Gasteiger partial charge on any atom is -0.497 e. The molecule has 2 aromatic rings. The maximum absolute atomic E-state index is 11.9. The lowest BCUT2D eigenvalue weighted by atomic mass is 10.1. The van der Waals surface area contributed by atoms with E-state index in [9.17, 15) is 4.79 Å². The average molecular weight is 260 g/mol. The van der Waals surface area contributed by atoms with Crippen LogP contribution in [0.3, 0.4) is 0 Å². The van der Waals surface area contributed by atoms with E-state index in [0.29, 0.717) is 6.42 Å². The Labute approximate surface area is 113 Å². The van der Waals surface area contributed by atoms with Crippen molar-refractivity contribution in [2.75, 3.05) is 7.11 Å². The van der Waals surface area contributed by atoms with Crippen LogP contribution in [0, 0.1) is 6.92 Å². The first-order valence-electron chi connectivity index (χ1n) is 6.46. The monoisotopic (exact) mass is 260 g/mol. The number of H-pyrrole nitrogens is 1. The van der Waals surface area contributed by atoms with Gasteiger partial charge in [0.25, 0.3) is 0 Å². The number of aromatic amines is 1.